The third-order valence-electron chi connectivity index (χ3n) is 2.86. The molecule has 0 radical (unpaired) electrons. The Morgan fingerprint density at radius 2 is 2.18 bits per heavy atom. The Balaban J connectivity index is 2.43. The van der Waals surface area contributed by atoms with Gasteiger partial charge in [0.05, 0.1) is 6.54 Å². The van der Waals surface area contributed by atoms with Crippen molar-refractivity contribution < 1.29 is 4.79 Å². The lowest BCUT2D eigenvalue weighted by molar-refractivity contribution is -0.129. The number of pyridine rings is 1. The summed E-state index contributed by atoms with van der Waals surface area (Å²) in [5, 5.41) is 3.22. The average molecular weight is 235 g/mol. The first-order valence-corrected chi connectivity index (χ1v) is 6.10. The molecule has 0 aromatic carbocycles. The molecular weight excluding hydrogens is 214 g/mol. The van der Waals surface area contributed by atoms with Gasteiger partial charge < -0.3 is 10.2 Å². The maximum Gasteiger partial charge on any atom is 0.236 e. The van der Waals surface area contributed by atoms with Crippen LogP contribution in [0.1, 0.15) is 32.4 Å². The van der Waals surface area contributed by atoms with E-state index >= 15 is 0 Å². The van der Waals surface area contributed by atoms with Gasteiger partial charge in [-0.3, -0.25) is 9.78 Å². The Hall–Kier alpha value is -1.42. The Kier molecular flexibility index (Phi) is 5.63. The molecule has 0 aliphatic heterocycles. The number of hydrogen-bond donors (Lipinski definition) is 1. The summed E-state index contributed by atoms with van der Waals surface area (Å²) in [6, 6.07) is 4.05. The summed E-state index contributed by atoms with van der Waals surface area (Å²) >= 11 is 0. The summed E-state index contributed by atoms with van der Waals surface area (Å²) in [5.74, 6) is 0.144. The molecule has 4 nitrogen and oxygen atoms in total. The molecule has 0 saturated carbocycles. The molecule has 1 atom stereocenters. The minimum Gasteiger partial charge on any atom is -0.342 e. The van der Waals surface area contributed by atoms with E-state index in [9.17, 15) is 4.79 Å². The van der Waals surface area contributed by atoms with Gasteiger partial charge >= 0.3 is 0 Å². The molecule has 17 heavy (non-hydrogen) atoms. The highest BCUT2D eigenvalue weighted by Crippen LogP contribution is 2.09. The molecule has 1 heterocycles. The predicted octanol–water partition coefficient (Wildman–Crippen LogP) is 1.60. The van der Waals surface area contributed by atoms with E-state index in [2.05, 4.69) is 10.3 Å². The van der Waals surface area contributed by atoms with Crippen molar-refractivity contribution in [3.8, 4) is 0 Å². The molecule has 0 saturated heterocycles. The number of nitrogens with one attached hydrogen (secondary N) is 1. The number of aromatic nitrogens is 1. The molecule has 1 rings (SSSR count). The van der Waals surface area contributed by atoms with E-state index in [0.717, 1.165) is 18.7 Å². The summed E-state index contributed by atoms with van der Waals surface area (Å²) in [7, 11) is 0. The second-order valence-electron chi connectivity index (χ2n) is 3.95. The molecule has 0 aliphatic carbocycles. The van der Waals surface area contributed by atoms with E-state index < -0.39 is 0 Å². The van der Waals surface area contributed by atoms with Crippen molar-refractivity contribution in [3.63, 3.8) is 0 Å². The molecule has 1 N–H and O–H groups in total. The fourth-order valence-electron chi connectivity index (χ4n) is 1.68. The van der Waals surface area contributed by atoms with Gasteiger partial charge in [0.1, 0.15) is 0 Å². The number of hydrogen-bond acceptors (Lipinski definition) is 3. The zero-order chi connectivity index (χ0) is 12.7. The van der Waals surface area contributed by atoms with Crippen LogP contribution in [0.2, 0.25) is 0 Å². The van der Waals surface area contributed by atoms with Crippen molar-refractivity contribution in [2.45, 2.75) is 26.8 Å². The quantitative estimate of drug-likeness (QED) is 0.814. The van der Waals surface area contributed by atoms with Crippen LogP contribution in [0.25, 0.3) is 0 Å². The molecule has 0 aliphatic rings. The minimum atomic E-state index is 0.142. The highest BCUT2D eigenvalue weighted by Gasteiger charge is 2.11. The topological polar surface area (TPSA) is 45.2 Å². The van der Waals surface area contributed by atoms with Crippen molar-refractivity contribution in [1.29, 1.82) is 0 Å². The lowest BCUT2D eigenvalue weighted by atomic mass is 10.1. The Morgan fingerprint density at radius 1 is 1.47 bits per heavy atom. The summed E-state index contributed by atoms with van der Waals surface area (Å²) in [6.07, 6.45) is 3.57. The Morgan fingerprint density at radius 3 is 2.71 bits per heavy atom. The van der Waals surface area contributed by atoms with Gasteiger partial charge in [-0.2, -0.15) is 0 Å². The second kappa shape index (κ2) is 7.01. The molecule has 94 valence electrons. The average Bonchev–Trinajstić information content (AvgIpc) is 2.38. The van der Waals surface area contributed by atoms with E-state index in [1.165, 1.54) is 0 Å². The highest BCUT2D eigenvalue weighted by atomic mass is 16.2. The predicted molar refractivity (Wildman–Crippen MR) is 68.6 cm³/mol. The first-order chi connectivity index (χ1) is 8.19. The van der Waals surface area contributed by atoms with E-state index in [-0.39, 0.29) is 11.9 Å². The van der Waals surface area contributed by atoms with Crippen LogP contribution in [0.5, 0.6) is 0 Å². The van der Waals surface area contributed by atoms with Gasteiger partial charge in [-0.05, 0) is 32.4 Å². The van der Waals surface area contributed by atoms with Crippen molar-refractivity contribution in [1.82, 2.24) is 15.2 Å². The summed E-state index contributed by atoms with van der Waals surface area (Å²) in [6.45, 7) is 7.92. The third kappa shape index (κ3) is 4.15. The molecule has 4 heteroatoms. The SMILES string of the molecule is CCN(CC)C(=O)CN[C@H](C)c1cccnc1. The molecule has 0 unspecified atom stereocenters. The first kappa shape index (κ1) is 13.6. The van der Waals surface area contributed by atoms with Crippen molar-refractivity contribution in [3.05, 3.63) is 30.1 Å². The fraction of sp³-hybridized carbons (Fsp3) is 0.538. The molecule has 0 fully saturated rings. The van der Waals surface area contributed by atoms with Gasteiger partial charge in [-0.1, -0.05) is 6.07 Å². The fourth-order valence-corrected chi connectivity index (χ4v) is 1.68. The Labute approximate surface area is 103 Å². The zero-order valence-electron chi connectivity index (χ0n) is 10.8. The standard InChI is InChI=1S/C13H21N3O/c1-4-16(5-2)13(17)10-15-11(3)12-7-6-8-14-9-12/h6-9,11,15H,4-5,10H2,1-3H3/t11-/m1/s1. The molecule has 1 aromatic rings. The van der Waals surface area contributed by atoms with Gasteiger partial charge in [0, 0.05) is 31.5 Å². The van der Waals surface area contributed by atoms with Gasteiger partial charge in [0.15, 0.2) is 0 Å². The molecule has 0 spiro atoms. The Bertz CT molecular complexity index is 336. The van der Waals surface area contributed by atoms with Gasteiger partial charge in [0.2, 0.25) is 5.91 Å². The van der Waals surface area contributed by atoms with Gasteiger partial charge in [0.25, 0.3) is 0 Å². The number of likely N-dealkylation sites (N-methyl/N-ethyl adjacent to an activating group) is 1. The number of rotatable bonds is 6. The van der Waals surface area contributed by atoms with Crippen LogP contribution in [0, 0.1) is 0 Å². The van der Waals surface area contributed by atoms with Crippen molar-refractivity contribution in [2.75, 3.05) is 19.6 Å². The first-order valence-electron chi connectivity index (χ1n) is 6.10. The van der Waals surface area contributed by atoms with Crippen LogP contribution >= 0.6 is 0 Å². The van der Waals surface area contributed by atoms with Crippen LogP contribution in [-0.4, -0.2) is 35.4 Å². The number of carbonyl (C=O) groups excluding carboxylic acids is 1. The summed E-state index contributed by atoms with van der Waals surface area (Å²) < 4.78 is 0. The zero-order valence-corrected chi connectivity index (χ0v) is 10.8. The van der Waals surface area contributed by atoms with Crippen molar-refractivity contribution in [2.24, 2.45) is 0 Å². The molecular formula is C13H21N3O. The van der Waals surface area contributed by atoms with Crippen LogP contribution in [0.15, 0.2) is 24.5 Å². The van der Waals surface area contributed by atoms with Crippen LogP contribution in [-0.2, 0) is 4.79 Å². The molecule has 1 aromatic heterocycles. The van der Waals surface area contributed by atoms with Gasteiger partial charge in [-0.15, -0.1) is 0 Å². The van der Waals surface area contributed by atoms with Crippen molar-refractivity contribution >= 4 is 5.91 Å². The van der Waals surface area contributed by atoms with Crippen LogP contribution < -0.4 is 5.32 Å². The number of nitrogens with zero attached hydrogens (tertiary/aromatic N) is 2. The van der Waals surface area contributed by atoms with E-state index in [1.807, 2.05) is 44.0 Å². The lowest BCUT2D eigenvalue weighted by Crippen LogP contribution is -2.38. The van der Waals surface area contributed by atoms with E-state index in [0.29, 0.717) is 6.54 Å². The smallest absolute Gasteiger partial charge is 0.236 e. The maximum atomic E-state index is 11.8. The largest absolute Gasteiger partial charge is 0.342 e. The maximum absolute atomic E-state index is 11.8. The van der Waals surface area contributed by atoms with Crippen LogP contribution in [0.4, 0.5) is 0 Å². The third-order valence-corrected chi connectivity index (χ3v) is 2.86. The summed E-state index contributed by atoms with van der Waals surface area (Å²) in [4.78, 5) is 17.7. The van der Waals surface area contributed by atoms with Crippen LogP contribution in [0.3, 0.4) is 0 Å². The number of amides is 1. The van der Waals surface area contributed by atoms with E-state index in [1.54, 1.807) is 6.20 Å². The normalized spacial score (nSPS) is 12.2. The lowest BCUT2D eigenvalue weighted by Gasteiger charge is -2.20. The molecule has 1 amide bonds. The summed E-state index contributed by atoms with van der Waals surface area (Å²) in [5.41, 5.74) is 1.10. The monoisotopic (exact) mass is 235 g/mol. The van der Waals surface area contributed by atoms with Gasteiger partial charge in [-0.25, -0.2) is 0 Å². The minimum absolute atomic E-state index is 0.142. The molecule has 0 bridgehead atoms. The second-order valence-corrected chi connectivity index (χ2v) is 3.95. The van der Waals surface area contributed by atoms with E-state index in [4.69, 9.17) is 0 Å². The number of carbonyl (C=O) groups is 1. The highest BCUT2D eigenvalue weighted by molar-refractivity contribution is 5.78.